The number of aryl methyl sites for hydroxylation is 1. The Morgan fingerprint density at radius 2 is 2.44 bits per heavy atom. The zero-order valence-electron chi connectivity index (χ0n) is 10.3. The number of pyridine rings is 1. The number of hydrogen-bond donors (Lipinski definition) is 2. The van der Waals surface area contributed by atoms with Crippen molar-refractivity contribution in [2.75, 3.05) is 19.6 Å². The Bertz CT molecular complexity index is 586. The summed E-state index contributed by atoms with van der Waals surface area (Å²) in [6.07, 6.45) is 3.69. The lowest BCUT2D eigenvalue weighted by Gasteiger charge is -2.26. The largest absolute Gasteiger partial charge is 0.350 e. The number of aromatic nitrogens is 2. The minimum absolute atomic E-state index is 0.0942. The summed E-state index contributed by atoms with van der Waals surface area (Å²) < 4.78 is 1.87. The van der Waals surface area contributed by atoms with Gasteiger partial charge in [0.25, 0.3) is 5.91 Å². The number of imidazole rings is 1. The topological polar surface area (TPSA) is 58.4 Å². The van der Waals surface area contributed by atoms with Crippen LogP contribution in [0.15, 0.2) is 24.5 Å². The Morgan fingerprint density at radius 1 is 1.61 bits per heavy atom. The van der Waals surface area contributed by atoms with E-state index >= 15 is 0 Å². The van der Waals surface area contributed by atoms with Crippen LogP contribution >= 0.6 is 0 Å². The molecule has 1 aliphatic heterocycles. The SMILES string of the molecule is Cc1ccn2cc(C(=O)NCC3CNC3)nc2c1. The van der Waals surface area contributed by atoms with Gasteiger partial charge in [0, 0.05) is 37.9 Å². The molecule has 2 aromatic rings. The van der Waals surface area contributed by atoms with Crippen molar-refractivity contribution in [3.05, 3.63) is 35.8 Å². The number of rotatable bonds is 3. The molecule has 0 bridgehead atoms. The summed E-state index contributed by atoms with van der Waals surface area (Å²) >= 11 is 0. The average molecular weight is 244 g/mol. The Labute approximate surface area is 105 Å². The predicted molar refractivity (Wildman–Crippen MR) is 68.6 cm³/mol. The molecule has 0 aliphatic carbocycles. The molecule has 2 N–H and O–H groups in total. The normalized spacial score (nSPS) is 15.6. The second-order valence-corrected chi connectivity index (χ2v) is 4.83. The first-order valence-corrected chi connectivity index (χ1v) is 6.16. The van der Waals surface area contributed by atoms with Gasteiger partial charge in [0.2, 0.25) is 0 Å². The highest BCUT2D eigenvalue weighted by molar-refractivity contribution is 5.92. The molecule has 2 aromatic heterocycles. The summed E-state index contributed by atoms with van der Waals surface area (Å²) in [7, 11) is 0. The molecular formula is C13H16N4O. The Kier molecular flexibility index (Phi) is 2.76. The van der Waals surface area contributed by atoms with Gasteiger partial charge in [-0.2, -0.15) is 0 Å². The second-order valence-electron chi connectivity index (χ2n) is 4.83. The quantitative estimate of drug-likeness (QED) is 0.831. The maximum Gasteiger partial charge on any atom is 0.271 e. The molecule has 0 atom stereocenters. The molecule has 5 nitrogen and oxygen atoms in total. The van der Waals surface area contributed by atoms with Crippen LogP contribution in [-0.2, 0) is 0 Å². The molecule has 18 heavy (non-hydrogen) atoms. The van der Waals surface area contributed by atoms with E-state index in [2.05, 4.69) is 15.6 Å². The van der Waals surface area contributed by atoms with Gasteiger partial charge in [-0.1, -0.05) is 0 Å². The van der Waals surface area contributed by atoms with E-state index in [1.54, 1.807) is 6.20 Å². The van der Waals surface area contributed by atoms with Gasteiger partial charge in [0.1, 0.15) is 11.3 Å². The summed E-state index contributed by atoms with van der Waals surface area (Å²) in [5.74, 6) is 0.469. The third-order valence-electron chi connectivity index (χ3n) is 3.27. The van der Waals surface area contributed by atoms with Gasteiger partial charge in [-0.25, -0.2) is 4.98 Å². The van der Waals surface area contributed by atoms with Crippen LogP contribution in [0.2, 0.25) is 0 Å². The highest BCUT2D eigenvalue weighted by atomic mass is 16.1. The number of fused-ring (bicyclic) bond motifs is 1. The van der Waals surface area contributed by atoms with Crippen LogP contribution in [0.4, 0.5) is 0 Å². The molecule has 1 saturated heterocycles. The molecule has 0 radical (unpaired) electrons. The van der Waals surface area contributed by atoms with E-state index in [-0.39, 0.29) is 5.91 Å². The molecule has 1 amide bonds. The number of amides is 1. The van der Waals surface area contributed by atoms with Crippen molar-refractivity contribution in [2.45, 2.75) is 6.92 Å². The van der Waals surface area contributed by atoms with Crippen LogP contribution in [0, 0.1) is 12.8 Å². The number of nitrogens with zero attached hydrogens (tertiary/aromatic N) is 2. The zero-order valence-corrected chi connectivity index (χ0v) is 10.3. The monoisotopic (exact) mass is 244 g/mol. The highest BCUT2D eigenvalue weighted by Crippen LogP contribution is 2.08. The fourth-order valence-corrected chi connectivity index (χ4v) is 2.01. The number of carbonyl (C=O) groups is 1. The summed E-state index contributed by atoms with van der Waals surface area (Å²) in [4.78, 5) is 16.3. The van der Waals surface area contributed by atoms with Crippen LogP contribution in [0.5, 0.6) is 0 Å². The van der Waals surface area contributed by atoms with Crippen LogP contribution in [0.1, 0.15) is 16.1 Å². The minimum Gasteiger partial charge on any atom is -0.350 e. The number of hydrogen-bond acceptors (Lipinski definition) is 3. The van der Waals surface area contributed by atoms with E-state index in [0.717, 1.165) is 30.8 Å². The van der Waals surface area contributed by atoms with Crippen molar-refractivity contribution in [2.24, 2.45) is 5.92 Å². The molecule has 1 fully saturated rings. The molecular weight excluding hydrogens is 228 g/mol. The van der Waals surface area contributed by atoms with Crippen LogP contribution in [-0.4, -0.2) is 34.9 Å². The summed E-state index contributed by atoms with van der Waals surface area (Å²) in [6.45, 7) is 4.71. The van der Waals surface area contributed by atoms with E-state index in [4.69, 9.17) is 0 Å². The standard InChI is InChI=1S/C13H16N4O/c1-9-2-3-17-8-11(16-12(17)4-9)13(18)15-7-10-5-14-6-10/h2-4,8,10,14H,5-7H2,1H3,(H,15,18). The Hall–Kier alpha value is -1.88. The van der Waals surface area contributed by atoms with Crippen molar-refractivity contribution in [3.8, 4) is 0 Å². The maximum atomic E-state index is 11.9. The lowest BCUT2D eigenvalue weighted by Crippen LogP contribution is -2.48. The van der Waals surface area contributed by atoms with Gasteiger partial charge in [0.05, 0.1) is 0 Å². The smallest absolute Gasteiger partial charge is 0.271 e. The van der Waals surface area contributed by atoms with Crippen molar-refractivity contribution in [1.29, 1.82) is 0 Å². The van der Waals surface area contributed by atoms with Gasteiger partial charge in [-0.3, -0.25) is 4.79 Å². The zero-order chi connectivity index (χ0) is 12.5. The first kappa shape index (κ1) is 11.2. The van der Waals surface area contributed by atoms with Crippen molar-refractivity contribution < 1.29 is 4.79 Å². The van der Waals surface area contributed by atoms with E-state index in [0.29, 0.717) is 11.6 Å². The molecule has 0 aromatic carbocycles. The molecule has 1 aliphatic rings. The van der Waals surface area contributed by atoms with E-state index in [9.17, 15) is 4.79 Å². The Morgan fingerprint density at radius 3 is 3.17 bits per heavy atom. The van der Waals surface area contributed by atoms with Gasteiger partial charge < -0.3 is 15.0 Å². The van der Waals surface area contributed by atoms with Gasteiger partial charge >= 0.3 is 0 Å². The summed E-state index contributed by atoms with van der Waals surface area (Å²) in [6, 6.07) is 3.96. The van der Waals surface area contributed by atoms with E-state index in [1.165, 1.54) is 0 Å². The lowest BCUT2D eigenvalue weighted by atomic mass is 10.0. The van der Waals surface area contributed by atoms with Crippen molar-refractivity contribution in [3.63, 3.8) is 0 Å². The molecule has 5 heteroatoms. The van der Waals surface area contributed by atoms with Gasteiger partial charge in [-0.15, -0.1) is 0 Å². The van der Waals surface area contributed by atoms with E-state index in [1.807, 2.05) is 29.7 Å². The minimum atomic E-state index is -0.0942. The Balaban J connectivity index is 1.74. The average Bonchev–Trinajstić information content (AvgIpc) is 2.69. The molecule has 0 unspecified atom stereocenters. The maximum absolute atomic E-state index is 11.9. The van der Waals surface area contributed by atoms with Crippen molar-refractivity contribution in [1.82, 2.24) is 20.0 Å². The molecule has 94 valence electrons. The molecule has 3 rings (SSSR count). The summed E-state index contributed by atoms with van der Waals surface area (Å²) in [5.41, 5.74) is 2.43. The number of carbonyl (C=O) groups excluding carboxylic acids is 1. The van der Waals surface area contributed by atoms with E-state index < -0.39 is 0 Å². The molecule has 3 heterocycles. The number of nitrogens with one attached hydrogen (secondary N) is 2. The lowest BCUT2D eigenvalue weighted by molar-refractivity contribution is 0.0938. The first-order valence-electron chi connectivity index (χ1n) is 6.16. The van der Waals surface area contributed by atoms with Crippen molar-refractivity contribution >= 4 is 11.6 Å². The fraction of sp³-hybridized carbons (Fsp3) is 0.385. The second kappa shape index (κ2) is 4.42. The predicted octanol–water partition coefficient (Wildman–Crippen LogP) is 0.592. The van der Waals surface area contributed by atoms with Gasteiger partial charge in [0.15, 0.2) is 0 Å². The van der Waals surface area contributed by atoms with Crippen LogP contribution in [0.25, 0.3) is 5.65 Å². The third kappa shape index (κ3) is 2.09. The fourth-order valence-electron chi connectivity index (χ4n) is 2.01. The molecule has 0 saturated carbocycles. The summed E-state index contributed by atoms with van der Waals surface area (Å²) in [5, 5.41) is 6.10. The molecule has 0 spiro atoms. The van der Waals surface area contributed by atoms with Crippen LogP contribution < -0.4 is 10.6 Å². The first-order chi connectivity index (χ1) is 8.72. The highest BCUT2D eigenvalue weighted by Gasteiger charge is 2.18. The van der Waals surface area contributed by atoms with Gasteiger partial charge in [-0.05, 0) is 24.6 Å². The van der Waals surface area contributed by atoms with Crippen LogP contribution in [0.3, 0.4) is 0 Å². The third-order valence-corrected chi connectivity index (χ3v) is 3.27.